The summed E-state index contributed by atoms with van der Waals surface area (Å²) in [5, 5.41) is 18.6. The molecule has 5 nitrogen and oxygen atoms in total. The third kappa shape index (κ3) is 3.78. The Morgan fingerprint density at radius 3 is 2.33 bits per heavy atom. The van der Waals surface area contributed by atoms with Gasteiger partial charge in [-0.3, -0.25) is 4.79 Å². The monoisotopic (exact) mass is 286 g/mol. The van der Waals surface area contributed by atoms with Gasteiger partial charge in [0.15, 0.2) is 0 Å². The van der Waals surface area contributed by atoms with Gasteiger partial charge >= 0.3 is 5.97 Å². The van der Waals surface area contributed by atoms with Crippen LogP contribution < -0.4 is 0 Å². The van der Waals surface area contributed by atoms with Crippen molar-refractivity contribution >= 4 is 5.97 Å². The lowest BCUT2D eigenvalue weighted by molar-refractivity contribution is -0.136. The van der Waals surface area contributed by atoms with Crippen LogP contribution >= 0.6 is 0 Å². The second-order valence-electron chi connectivity index (χ2n) is 4.99. The molecule has 0 aliphatic heterocycles. The fourth-order valence-corrected chi connectivity index (χ4v) is 2.31. The fourth-order valence-electron chi connectivity index (χ4n) is 2.31. The normalized spacial score (nSPS) is 10.6. The first kappa shape index (κ1) is 15.0. The summed E-state index contributed by atoms with van der Waals surface area (Å²) in [6.45, 7) is 3.72. The van der Waals surface area contributed by atoms with E-state index in [9.17, 15) is 9.90 Å². The Morgan fingerprint density at radius 1 is 1.14 bits per heavy atom. The first-order valence-corrected chi connectivity index (χ1v) is 6.79. The van der Waals surface area contributed by atoms with E-state index in [0.29, 0.717) is 18.7 Å². The lowest BCUT2D eigenvalue weighted by Crippen LogP contribution is -2.08. The number of aryl methyl sites for hydroxylation is 2. The maximum atomic E-state index is 10.7. The van der Waals surface area contributed by atoms with Crippen molar-refractivity contribution in [3.63, 3.8) is 0 Å². The molecule has 1 heterocycles. The Bertz CT molecular complexity index is 645. The van der Waals surface area contributed by atoms with Gasteiger partial charge in [0.2, 0.25) is 0 Å². The molecule has 0 bridgehead atoms. The molecule has 2 rings (SSSR count). The largest absolute Gasteiger partial charge is 0.508 e. The molecule has 1 aromatic carbocycles. The predicted molar refractivity (Wildman–Crippen MR) is 78.4 cm³/mol. The number of carbonyl (C=O) groups is 1. The number of phenols is 1. The molecule has 1 aromatic heterocycles. The topological polar surface area (TPSA) is 83.3 Å². The second-order valence-corrected chi connectivity index (χ2v) is 4.99. The van der Waals surface area contributed by atoms with Crippen LogP contribution in [0.3, 0.4) is 0 Å². The van der Waals surface area contributed by atoms with Gasteiger partial charge in [0, 0.05) is 29.8 Å². The van der Waals surface area contributed by atoms with Gasteiger partial charge in [0.05, 0.1) is 0 Å². The highest BCUT2D eigenvalue weighted by molar-refractivity contribution is 5.67. The van der Waals surface area contributed by atoms with E-state index in [0.717, 1.165) is 22.5 Å². The number of rotatable bonds is 5. The number of carboxylic acids is 1. The van der Waals surface area contributed by atoms with Crippen LogP contribution in [0.2, 0.25) is 0 Å². The van der Waals surface area contributed by atoms with Crippen LogP contribution in [0.1, 0.15) is 34.8 Å². The van der Waals surface area contributed by atoms with Gasteiger partial charge in [-0.2, -0.15) is 0 Å². The molecule has 0 aliphatic rings. The van der Waals surface area contributed by atoms with Crippen molar-refractivity contribution in [2.45, 2.75) is 33.1 Å². The Balaban J connectivity index is 2.23. The minimum absolute atomic E-state index is 0.0733. The van der Waals surface area contributed by atoms with Crippen molar-refractivity contribution in [1.29, 1.82) is 0 Å². The quantitative estimate of drug-likeness (QED) is 0.881. The number of aromatic nitrogens is 2. The van der Waals surface area contributed by atoms with E-state index < -0.39 is 5.97 Å². The van der Waals surface area contributed by atoms with Gasteiger partial charge in [-0.05, 0) is 31.9 Å². The van der Waals surface area contributed by atoms with Gasteiger partial charge < -0.3 is 10.2 Å². The standard InChI is InChI=1S/C16H18N2O3/c1-10-13(7-8-16(20)21)11(2)18-15(17-10)9-12-5-3-4-6-14(12)19/h3-6,19H,7-9H2,1-2H3,(H,20,21). The summed E-state index contributed by atoms with van der Waals surface area (Å²) >= 11 is 0. The Kier molecular flexibility index (Phi) is 4.52. The number of nitrogens with zero attached hydrogens (tertiary/aromatic N) is 2. The molecule has 0 saturated carbocycles. The smallest absolute Gasteiger partial charge is 0.303 e. The Labute approximate surface area is 123 Å². The van der Waals surface area contributed by atoms with Crippen molar-refractivity contribution in [2.24, 2.45) is 0 Å². The van der Waals surface area contributed by atoms with Crippen molar-refractivity contribution in [3.8, 4) is 5.75 Å². The van der Waals surface area contributed by atoms with E-state index in [1.54, 1.807) is 12.1 Å². The number of phenolic OH excluding ortho intramolecular Hbond substituents is 1. The van der Waals surface area contributed by atoms with Crippen LogP contribution in [0.4, 0.5) is 0 Å². The number of hydrogen-bond donors (Lipinski definition) is 2. The molecule has 2 aromatic rings. The highest BCUT2D eigenvalue weighted by Crippen LogP contribution is 2.20. The van der Waals surface area contributed by atoms with Crippen LogP contribution in [0, 0.1) is 13.8 Å². The first-order valence-electron chi connectivity index (χ1n) is 6.79. The third-order valence-corrected chi connectivity index (χ3v) is 3.40. The predicted octanol–water partition coefficient (Wildman–Crippen LogP) is 2.41. The zero-order valence-electron chi connectivity index (χ0n) is 12.1. The van der Waals surface area contributed by atoms with Gasteiger partial charge in [-0.1, -0.05) is 18.2 Å². The van der Waals surface area contributed by atoms with Crippen molar-refractivity contribution in [2.75, 3.05) is 0 Å². The molecule has 0 radical (unpaired) electrons. The molecule has 0 spiro atoms. The SMILES string of the molecule is Cc1nc(Cc2ccccc2O)nc(C)c1CCC(=O)O. The molecule has 0 atom stereocenters. The number of aromatic hydroxyl groups is 1. The molecule has 0 saturated heterocycles. The molecule has 110 valence electrons. The molecule has 0 aliphatic carbocycles. The number of para-hydroxylation sites is 1. The summed E-state index contributed by atoms with van der Waals surface area (Å²) < 4.78 is 0. The summed E-state index contributed by atoms with van der Waals surface area (Å²) in [6, 6.07) is 7.10. The number of hydrogen-bond acceptors (Lipinski definition) is 4. The summed E-state index contributed by atoms with van der Waals surface area (Å²) in [4.78, 5) is 19.5. The molecule has 0 unspecified atom stereocenters. The molecular weight excluding hydrogens is 268 g/mol. The van der Waals surface area contributed by atoms with Gasteiger partial charge in [0.1, 0.15) is 11.6 Å². The Hall–Kier alpha value is -2.43. The van der Waals surface area contributed by atoms with Crippen LogP contribution in [-0.2, 0) is 17.6 Å². The minimum Gasteiger partial charge on any atom is -0.508 e. The minimum atomic E-state index is -0.827. The summed E-state index contributed by atoms with van der Waals surface area (Å²) in [6.07, 6.45) is 0.960. The molecule has 0 amide bonds. The highest BCUT2D eigenvalue weighted by atomic mass is 16.4. The van der Waals surface area contributed by atoms with E-state index in [4.69, 9.17) is 5.11 Å². The van der Waals surface area contributed by atoms with Gasteiger partial charge in [-0.25, -0.2) is 9.97 Å². The van der Waals surface area contributed by atoms with E-state index in [2.05, 4.69) is 9.97 Å². The van der Waals surface area contributed by atoms with E-state index in [1.165, 1.54) is 0 Å². The number of benzene rings is 1. The summed E-state index contributed by atoms with van der Waals surface area (Å²) in [5.41, 5.74) is 3.26. The maximum Gasteiger partial charge on any atom is 0.303 e. The second kappa shape index (κ2) is 6.35. The number of aliphatic carboxylic acids is 1. The summed E-state index contributed by atoms with van der Waals surface area (Å²) in [5.74, 6) is 0.0315. The molecule has 5 heteroatoms. The van der Waals surface area contributed by atoms with Crippen molar-refractivity contribution in [1.82, 2.24) is 9.97 Å². The van der Waals surface area contributed by atoms with Crippen LogP contribution in [0.5, 0.6) is 5.75 Å². The third-order valence-electron chi connectivity index (χ3n) is 3.40. The van der Waals surface area contributed by atoms with Crippen molar-refractivity contribution in [3.05, 3.63) is 52.6 Å². The lowest BCUT2D eigenvalue weighted by atomic mass is 10.1. The van der Waals surface area contributed by atoms with Gasteiger partial charge in [-0.15, -0.1) is 0 Å². The van der Waals surface area contributed by atoms with E-state index in [-0.39, 0.29) is 12.2 Å². The van der Waals surface area contributed by atoms with Gasteiger partial charge in [0.25, 0.3) is 0 Å². The average molecular weight is 286 g/mol. The molecule has 2 N–H and O–H groups in total. The first-order chi connectivity index (χ1) is 9.97. The zero-order valence-corrected chi connectivity index (χ0v) is 12.1. The van der Waals surface area contributed by atoms with E-state index in [1.807, 2.05) is 26.0 Å². The molecule has 0 fully saturated rings. The van der Waals surface area contributed by atoms with Crippen LogP contribution in [0.15, 0.2) is 24.3 Å². The number of carboxylic acid groups (broad SMARTS) is 1. The highest BCUT2D eigenvalue weighted by Gasteiger charge is 2.11. The lowest BCUT2D eigenvalue weighted by Gasteiger charge is -2.10. The Morgan fingerprint density at radius 2 is 1.76 bits per heavy atom. The fraction of sp³-hybridized carbons (Fsp3) is 0.312. The van der Waals surface area contributed by atoms with Crippen LogP contribution in [0.25, 0.3) is 0 Å². The molecular formula is C16H18N2O3. The summed E-state index contributed by atoms with van der Waals surface area (Å²) in [7, 11) is 0. The average Bonchev–Trinajstić information content (AvgIpc) is 2.40. The maximum absolute atomic E-state index is 10.7. The zero-order chi connectivity index (χ0) is 15.4. The van der Waals surface area contributed by atoms with Crippen LogP contribution in [-0.4, -0.2) is 26.2 Å². The molecule has 21 heavy (non-hydrogen) atoms. The van der Waals surface area contributed by atoms with E-state index >= 15 is 0 Å². The van der Waals surface area contributed by atoms with Crippen molar-refractivity contribution < 1.29 is 15.0 Å².